The van der Waals surface area contributed by atoms with Crippen molar-refractivity contribution in [2.45, 2.75) is 19.0 Å². The molecule has 0 aliphatic carbocycles. The minimum Gasteiger partial charge on any atom is -0.454 e. The van der Waals surface area contributed by atoms with E-state index in [1.54, 1.807) is 12.1 Å². The number of rotatable bonds is 5. The lowest BCUT2D eigenvalue weighted by atomic mass is 10.2. The number of hydrogen-bond donors (Lipinski definition) is 2. The molecule has 2 aromatic rings. The summed E-state index contributed by atoms with van der Waals surface area (Å²) in [6.45, 7) is 2.41. The lowest BCUT2D eigenvalue weighted by Gasteiger charge is -2.23. The Morgan fingerprint density at radius 2 is 2.24 bits per heavy atom. The Balaban J connectivity index is 1.33. The Bertz CT molecular complexity index is 757. The average molecular weight is 346 g/mol. The molecular formula is C16H18N4O5. The van der Waals surface area contributed by atoms with Crippen molar-refractivity contribution < 1.29 is 23.5 Å². The van der Waals surface area contributed by atoms with Crippen molar-refractivity contribution in [3.63, 3.8) is 0 Å². The molecule has 3 heterocycles. The largest absolute Gasteiger partial charge is 0.454 e. The van der Waals surface area contributed by atoms with Gasteiger partial charge in [-0.3, -0.25) is 4.79 Å². The highest BCUT2D eigenvalue weighted by Crippen LogP contribution is 2.35. The van der Waals surface area contributed by atoms with Gasteiger partial charge in [-0.1, -0.05) is 5.16 Å². The van der Waals surface area contributed by atoms with E-state index in [1.807, 2.05) is 6.07 Å². The molecule has 2 N–H and O–H groups in total. The zero-order valence-electron chi connectivity index (χ0n) is 13.5. The van der Waals surface area contributed by atoms with E-state index in [9.17, 15) is 4.79 Å². The van der Waals surface area contributed by atoms with E-state index < -0.39 is 0 Å². The number of nitrogens with one attached hydrogen (secondary N) is 2. The minimum atomic E-state index is -0.0857. The molecule has 4 rings (SSSR count). The second-order valence-electron chi connectivity index (χ2n) is 5.79. The first-order valence-corrected chi connectivity index (χ1v) is 8.08. The van der Waals surface area contributed by atoms with Crippen LogP contribution in [0.2, 0.25) is 0 Å². The van der Waals surface area contributed by atoms with Crippen LogP contribution in [0, 0.1) is 0 Å². The van der Waals surface area contributed by atoms with Crippen molar-refractivity contribution in [1.82, 2.24) is 20.8 Å². The summed E-state index contributed by atoms with van der Waals surface area (Å²) >= 11 is 0. The SMILES string of the molecule is O=C(C[C@H]1COCCN1)NCc1noc(-c2ccc3c(c2)OCO3)n1. The Morgan fingerprint density at radius 1 is 1.32 bits per heavy atom. The number of benzene rings is 1. The van der Waals surface area contributed by atoms with Gasteiger partial charge in [-0.05, 0) is 18.2 Å². The van der Waals surface area contributed by atoms with Crippen LogP contribution in [0.1, 0.15) is 12.2 Å². The molecule has 2 aliphatic rings. The summed E-state index contributed by atoms with van der Waals surface area (Å²) in [5, 5.41) is 9.92. The number of fused-ring (bicyclic) bond motifs is 1. The summed E-state index contributed by atoms with van der Waals surface area (Å²) in [5.41, 5.74) is 0.734. The Morgan fingerprint density at radius 3 is 3.12 bits per heavy atom. The van der Waals surface area contributed by atoms with E-state index in [1.165, 1.54) is 0 Å². The topological polar surface area (TPSA) is 108 Å². The molecule has 25 heavy (non-hydrogen) atoms. The number of carbonyl (C=O) groups is 1. The number of carbonyl (C=O) groups excluding carboxylic acids is 1. The molecule has 0 bridgehead atoms. The number of nitrogens with zero attached hydrogens (tertiary/aromatic N) is 2. The van der Waals surface area contributed by atoms with Crippen molar-refractivity contribution in [3.8, 4) is 23.0 Å². The van der Waals surface area contributed by atoms with Gasteiger partial charge in [-0.15, -0.1) is 0 Å². The number of ether oxygens (including phenoxy) is 3. The van der Waals surface area contributed by atoms with E-state index in [0.29, 0.717) is 42.8 Å². The Hall–Kier alpha value is -2.65. The van der Waals surface area contributed by atoms with Gasteiger partial charge in [0.25, 0.3) is 5.89 Å². The first-order chi connectivity index (χ1) is 12.3. The molecule has 0 saturated carbocycles. The van der Waals surface area contributed by atoms with Crippen molar-refractivity contribution in [3.05, 3.63) is 24.0 Å². The number of aromatic nitrogens is 2. The summed E-state index contributed by atoms with van der Waals surface area (Å²) < 4.78 is 21.2. The fourth-order valence-corrected chi connectivity index (χ4v) is 2.70. The molecule has 132 valence electrons. The van der Waals surface area contributed by atoms with Crippen LogP contribution >= 0.6 is 0 Å². The van der Waals surface area contributed by atoms with Crippen LogP contribution in [0.3, 0.4) is 0 Å². The van der Waals surface area contributed by atoms with Gasteiger partial charge in [-0.25, -0.2) is 0 Å². The van der Waals surface area contributed by atoms with Crippen LogP contribution in [-0.4, -0.2) is 48.6 Å². The monoisotopic (exact) mass is 346 g/mol. The third kappa shape index (κ3) is 3.72. The van der Waals surface area contributed by atoms with E-state index >= 15 is 0 Å². The maximum atomic E-state index is 12.0. The molecule has 0 radical (unpaired) electrons. The first kappa shape index (κ1) is 15.9. The van der Waals surface area contributed by atoms with Crippen LogP contribution in [-0.2, 0) is 16.1 Å². The van der Waals surface area contributed by atoms with Crippen LogP contribution < -0.4 is 20.1 Å². The molecule has 2 aliphatic heterocycles. The molecule has 0 unspecified atom stereocenters. The maximum absolute atomic E-state index is 12.0. The summed E-state index contributed by atoms with van der Waals surface area (Å²) in [5.74, 6) is 2.03. The second-order valence-corrected chi connectivity index (χ2v) is 5.79. The quantitative estimate of drug-likeness (QED) is 0.804. The van der Waals surface area contributed by atoms with Gasteiger partial charge in [0.2, 0.25) is 12.7 Å². The fourth-order valence-electron chi connectivity index (χ4n) is 2.70. The first-order valence-electron chi connectivity index (χ1n) is 8.08. The smallest absolute Gasteiger partial charge is 0.258 e. The summed E-state index contributed by atoms with van der Waals surface area (Å²) in [7, 11) is 0. The zero-order chi connectivity index (χ0) is 17.1. The summed E-state index contributed by atoms with van der Waals surface area (Å²) in [4.78, 5) is 16.3. The van der Waals surface area contributed by atoms with Crippen molar-refractivity contribution in [2.75, 3.05) is 26.6 Å². The molecule has 9 heteroatoms. The van der Waals surface area contributed by atoms with Gasteiger partial charge >= 0.3 is 0 Å². The maximum Gasteiger partial charge on any atom is 0.258 e. The van der Waals surface area contributed by atoms with Crippen LogP contribution in [0.25, 0.3) is 11.5 Å². The highest BCUT2D eigenvalue weighted by molar-refractivity contribution is 5.76. The predicted molar refractivity (Wildman–Crippen MR) is 84.9 cm³/mol. The lowest BCUT2D eigenvalue weighted by Crippen LogP contribution is -2.44. The van der Waals surface area contributed by atoms with E-state index in [2.05, 4.69) is 20.8 Å². The summed E-state index contributed by atoms with van der Waals surface area (Å²) in [6, 6.07) is 5.44. The number of amides is 1. The van der Waals surface area contributed by atoms with Crippen LogP contribution in [0.15, 0.2) is 22.7 Å². The molecule has 1 atom stereocenters. The van der Waals surface area contributed by atoms with E-state index in [4.69, 9.17) is 18.7 Å². The summed E-state index contributed by atoms with van der Waals surface area (Å²) in [6.07, 6.45) is 0.354. The Labute approximate surface area is 143 Å². The highest BCUT2D eigenvalue weighted by atomic mass is 16.7. The van der Waals surface area contributed by atoms with E-state index in [-0.39, 0.29) is 25.3 Å². The lowest BCUT2D eigenvalue weighted by molar-refractivity contribution is -0.122. The molecule has 1 amide bonds. The van der Waals surface area contributed by atoms with Gasteiger partial charge in [0.05, 0.1) is 19.8 Å². The zero-order valence-corrected chi connectivity index (χ0v) is 13.5. The van der Waals surface area contributed by atoms with Crippen molar-refractivity contribution in [2.24, 2.45) is 0 Å². The van der Waals surface area contributed by atoms with Crippen molar-refractivity contribution in [1.29, 1.82) is 0 Å². The fraction of sp³-hybridized carbons (Fsp3) is 0.438. The molecule has 1 fully saturated rings. The normalized spacial score (nSPS) is 19.0. The van der Waals surface area contributed by atoms with Gasteiger partial charge in [0, 0.05) is 24.6 Å². The molecule has 0 spiro atoms. The van der Waals surface area contributed by atoms with Gasteiger partial charge in [0.1, 0.15) is 0 Å². The number of morpholine rings is 1. The van der Waals surface area contributed by atoms with Crippen LogP contribution in [0.5, 0.6) is 11.5 Å². The van der Waals surface area contributed by atoms with Crippen LogP contribution in [0.4, 0.5) is 0 Å². The van der Waals surface area contributed by atoms with Gasteiger partial charge in [-0.2, -0.15) is 4.98 Å². The van der Waals surface area contributed by atoms with Crippen molar-refractivity contribution >= 4 is 5.91 Å². The average Bonchev–Trinajstić information content (AvgIpc) is 3.29. The third-order valence-electron chi connectivity index (χ3n) is 3.96. The van der Waals surface area contributed by atoms with Gasteiger partial charge < -0.3 is 29.4 Å². The molecule has 1 saturated heterocycles. The molecular weight excluding hydrogens is 328 g/mol. The molecule has 1 aromatic heterocycles. The second kappa shape index (κ2) is 7.08. The van der Waals surface area contributed by atoms with E-state index in [0.717, 1.165) is 12.1 Å². The third-order valence-corrected chi connectivity index (χ3v) is 3.96. The highest BCUT2D eigenvalue weighted by Gasteiger charge is 2.19. The Kier molecular flexibility index (Phi) is 4.49. The molecule has 9 nitrogen and oxygen atoms in total. The standard InChI is InChI=1S/C16H18N4O5/c21-15(6-11-8-22-4-3-17-11)18-7-14-19-16(25-20-14)10-1-2-12-13(5-10)24-9-23-12/h1-2,5,11,17H,3-4,6-9H2,(H,18,21)/t11-/m0/s1. The van der Waals surface area contributed by atoms with Gasteiger partial charge in [0.15, 0.2) is 17.3 Å². The molecule has 1 aromatic carbocycles. The predicted octanol–water partition coefficient (Wildman–Crippen LogP) is 0.460. The minimum absolute atomic E-state index is 0.0446. The number of hydrogen-bond acceptors (Lipinski definition) is 8.